The summed E-state index contributed by atoms with van der Waals surface area (Å²) < 4.78 is 5.80. The summed E-state index contributed by atoms with van der Waals surface area (Å²) in [5, 5.41) is 3.67. The standard InChI is InChI=1S/C23H26ClN3O3/c1-15(2)21(28)20-6-4-17(14-25-20)30-12-11-27-9-7-23(8-10-27)18-13-16(24)3-5-19(18)26-22(23)29/h3-6,13-15H,7-12H2,1-2H3,(H,26,29). The van der Waals surface area contributed by atoms with Crippen molar-refractivity contribution in [2.45, 2.75) is 32.1 Å². The number of carbonyl (C=O) groups excluding carboxylic acids is 2. The highest BCUT2D eigenvalue weighted by Gasteiger charge is 2.48. The second kappa shape index (κ2) is 8.36. The Balaban J connectivity index is 1.30. The van der Waals surface area contributed by atoms with Gasteiger partial charge in [-0.15, -0.1) is 0 Å². The number of halogens is 1. The van der Waals surface area contributed by atoms with Gasteiger partial charge in [0.1, 0.15) is 18.1 Å². The van der Waals surface area contributed by atoms with Crippen LogP contribution in [-0.4, -0.2) is 47.8 Å². The first-order valence-electron chi connectivity index (χ1n) is 10.4. The van der Waals surface area contributed by atoms with E-state index in [0.717, 1.165) is 43.7 Å². The monoisotopic (exact) mass is 427 g/mol. The van der Waals surface area contributed by atoms with Crippen LogP contribution in [0.5, 0.6) is 5.75 Å². The number of pyridine rings is 1. The molecular weight excluding hydrogens is 402 g/mol. The fourth-order valence-electron chi connectivity index (χ4n) is 4.24. The summed E-state index contributed by atoms with van der Waals surface area (Å²) in [7, 11) is 0. The van der Waals surface area contributed by atoms with E-state index in [9.17, 15) is 9.59 Å². The van der Waals surface area contributed by atoms with E-state index in [0.29, 0.717) is 23.1 Å². The maximum Gasteiger partial charge on any atom is 0.235 e. The van der Waals surface area contributed by atoms with Crippen molar-refractivity contribution in [3.63, 3.8) is 0 Å². The molecule has 1 fully saturated rings. The normalized spacial score (nSPS) is 17.8. The van der Waals surface area contributed by atoms with Gasteiger partial charge in [0.25, 0.3) is 0 Å². The topological polar surface area (TPSA) is 71.5 Å². The number of aromatic nitrogens is 1. The van der Waals surface area contributed by atoms with Crippen molar-refractivity contribution in [2.24, 2.45) is 5.92 Å². The van der Waals surface area contributed by atoms with Gasteiger partial charge in [-0.25, -0.2) is 4.98 Å². The van der Waals surface area contributed by atoms with Crippen LogP contribution in [0.4, 0.5) is 5.69 Å². The Labute approximate surface area is 181 Å². The number of nitrogens with one attached hydrogen (secondary N) is 1. The van der Waals surface area contributed by atoms with Gasteiger partial charge in [0, 0.05) is 23.2 Å². The number of hydrogen-bond donors (Lipinski definition) is 1. The predicted molar refractivity (Wildman–Crippen MR) is 116 cm³/mol. The molecule has 0 bridgehead atoms. The number of piperidine rings is 1. The van der Waals surface area contributed by atoms with Crippen LogP contribution in [0.3, 0.4) is 0 Å². The zero-order valence-electron chi connectivity index (χ0n) is 17.3. The molecule has 1 aromatic heterocycles. The lowest BCUT2D eigenvalue weighted by Crippen LogP contribution is -2.47. The first kappa shape index (κ1) is 20.8. The highest BCUT2D eigenvalue weighted by atomic mass is 35.5. The van der Waals surface area contributed by atoms with Gasteiger partial charge < -0.3 is 10.1 Å². The number of amides is 1. The van der Waals surface area contributed by atoms with Crippen LogP contribution in [0.25, 0.3) is 0 Å². The molecule has 1 spiro atoms. The summed E-state index contributed by atoms with van der Waals surface area (Å²) in [5.41, 5.74) is 1.90. The SMILES string of the molecule is CC(C)C(=O)c1ccc(OCCN2CCC3(CC2)C(=O)Nc2ccc(Cl)cc23)cn1. The van der Waals surface area contributed by atoms with Crippen molar-refractivity contribution in [2.75, 3.05) is 31.6 Å². The van der Waals surface area contributed by atoms with Crippen LogP contribution in [0, 0.1) is 5.92 Å². The van der Waals surface area contributed by atoms with E-state index in [1.54, 1.807) is 18.3 Å². The third-order valence-electron chi connectivity index (χ3n) is 6.08. The van der Waals surface area contributed by atoms with E-state index in [4.69, 9.17) is 16.3 Å². The molecule has 2 aromatic rings. The minimum Gasteiger partial charge on any atom is -0.491 e. The Kier molecular flexibility index (Phi) is 5.80. The van der Waals surface area contributed by atoms with Gasteiger partial charge in [-0.1, -0.05) is 25.4 Å². The Morgan fingerprint density at radius 3 is 2.70 bits per heavy atom. The number of likely N-dealkylation sites (tertiary alicyclic amines) is 1. The average Bonchev–Trinajstić information content (AvgIpc) is 3.00. The third-order valence-corrected chi connectivity index (χ3v) is 6.31. The minimum absolute atomic E-state index is 0.0302. The smallest absolute Gasteiger partial charge is 0.235 e. The van der Waals surface area contributed by atoms with Crippen LogP contribution >= 0.6 is 11.6 Å². The molecule has 4 rings (SSSR count). The fourth-order valence-corrected chi connectivity index (χ4v) is 4.41. The largest absolute Gasteiger partial charge is 0.491 e. The van der Waals surface area contributed by atoms with Gasteiger partial charge in [-0.05, 0) is 61.8 Å². The zero-order valence-corrected chi connectivity index (χ0v) is 18.0. The molecule has 2 aliphatic heterocycles. The van der Waals surface area contributed by atoms with E-state index < -0.39 is 5.41 Å². The van der Waals surface area contributed by atoms with Crippen LogP contribution < -0.4 is 10.1 Å². The highest BCUT2D eigenvalue weighted by molar-refractivity contribution is 6.31. The predicted octanol–water partition coefficient (Wildman–Crippen LogP) is 3.94. The maximum atomic E-state index is 12.7. The van der Waals surface area contributed by atoms with E-state index in [1.165, 1.54) is 0 Å². The molecule has 1 saturated heterocycles. The lowest BCUT2D eigenvalue weighted by Gasteiger charge is -2.37. The Morgan fingerprint density at radius 2 is 2.03 bits per heavy atom. The maximum absolute atomic E-state index is 12.7. The van der Waals surface area contributed by atoms with Crippen molar-refractivity contribution in [1.82, 2.24) is 9.88 Å². The Hall–Kier alpha value is -2.44. The number of benzene rings is 1. The summed E-state index contributed by atoms with van der Waals surface area (Å²) in [6.45, 7) is 6.66. The molecule has 0 saturated carbocycles. The van der Waals surface area contributed by atoms with Crippen molar-refractivity contribution in [3.8, 4) is 5.75 Å². The molecular formula is C23H26ClN3O3. The number of fused-ring (bicyclic) bond motifs is 2. The molecule has 7 heteroatoms. The number of ketones is 1. The van der Waals surface area contributed by atoms with E-state index in [1.807, 2.05) is 32.0 Å². The third kappa shape index (κ3) is 3.94. The number of ether oxygens (including phenoxy) is 1. The molecule has 6 nitrogen and oxygen atoms in total. The summed E-state index contributed by atoms with van der Waals surface area (Å²) >= 11 is 6.18. The molecule has 2 aliphatic rings. The summed E-state index contributed by atoms with van der Waals surface area (Å²) in [5.74, 6) is 0.694. The van der Waals surface area contributed by atoms with Crippen molar-refractivity contribution in [1.29, 1.82) is 0 Å². The molecule has 0 radical (unpaired) electrons. The zero-order chi connectivity index (χ0) is 21.3. The highest BCUT2D eigenvalue weighted by Crippen LogP contribution is 2.45. The van der Waals surface area contributed by atoms with Crippen molar-refractivity contribution >= 4 is 29.0 Å². The van der Waals surface area contributed by atoms with Gasteiger partial charge in [-0.3, -0.25) is 14.5 Å². The number of rotatable bonds is 6. The molecule has 1 N–H and O–H groups in total. The van der Waals surface area contributed by atoms with E-state index in [2.05, 4.69) is 15.2 Å². The number of nitrogens with zero attached hydrogens (tertiary/aromatic N) is 2. The van der Waals surface area contributed by atoms with Gasteiger partial charge in [0.15, 0.2) is 5.78 Å². The first-order chi connectivity index (χ1) is 14.4. The molecule has 158 valence electrons. The number of anilines is 1. The van der Waals surface area contributed by atoms with Crippen LogP contribution in [0.1, 0.15) is 42.7 Å². The van der Waals surface area contributed by atoms with Crippen molar-refractivity contribution in [3.05, 3.63) is 52.8 Å². The molecule has 0 atom stereocenters. The lowest BCUT2D eigenvalue weighted by molar-refractivity contribution is -0.122. The van der Waals surface area contributed by atoms with Gasteiger partial charge in [-0.2, -0.15) is 0 Å². The summed E-state index contributed by atoms with van der Waals surface area (Å²) in [6.07, 6.45) is 3.13. The summed E-state index contributed by atoms with van der Waals surface area (Å²) in [4.78, 5) is 31.2. The molecule has 0 unspecified atom stereocenters. The lowest BCUT2D eigenvalue weighted by atomic mass is 9.73. The number of Topliss-reactive ketones (excluding diaryl/α,β-unsaturated/α-hetero) is 1. The molecule has 3 heterocycles. The minimum atomic E-state index is -0.472. The fraction of sp³-hybridized carbons (Fsp3) is 0.435. The average molecular weight is 428 g/mol. The molecule has 30 heavy (non-hydrogen) atoms. The summed E-state index contributed by atoms with van der Waals surface area (Å²) in [6, 6.07) is 9.13. The van der Waals surface area contributed by atoms with Gasteiger partial charge in [0.2, 0.25) is 5.91 Å². The van der Waals surface area contributed by atoms with E-state index in [-0.39, 0.29) is 17.6 Å². The Bertz CT molecular complexity index is 951. The Morgan fingerprint density at radius 1 is 1.27 bits per heavy atom. The van der Waals surface area contributed by atoms with Crippen molar-refractivity contribution < 1.29 is 14.3 Å². The van der Waals surface area contributed by atoms with Gasteiger partial charge in [0.05, 0.1) is 11.6 Å². The quantitative estimate of drug-likeness (QED) is 0.707. The van der Waals surface area contributed by atoms with Crippen LogP contribution in [-0.2, 0) is 10.2 Å². The van der Waals surface area contributed by atoms with Crippen LogP contribution in [0.2, 0.25) is 5.02 Å². The second-order valence-corrected chi connectivity index (χ2v) is 8.75. The second-order valence-electron chi connectivity index (χ2n) is 8.31. The molecule has 0 aliphatic carbocycles. The van der Waals surface area contributed by atoms with Crippen LogP contribution in [0.15, 0.2) is 36.5 Å². The molecule has 1 aromatic carbocycles. The van der Waals surface area contributed by atoms with Gasteiger partial charge >= 0.3 is 0 Å². The first-order valence-corrected chi connectivity index (χ1v) is 10.7. The number of hydrogen-bond acceptors (Lipinski definition) is 5. The number of carbonyl (C=O) groups is 2. The molecule has 1 amide bonds. The van der Waals surface area contributed by atoms with E-state index >= 15 is 0 Å².